The van der Waals surface area contributed by atoms with Gasteiger partial charge in [0.2, 0.25) is 5.91 Å². The second-order valence-corrected chi connectivity index (χ2v) is 5.94. The maximum Gasteiger partial charge on any atom is 0.321 e. The molecule has 2 rings (SSSR count). The summed E-state index contributed by atoms with van der Waals surface area (Å²) >= 11 is 0. The predicted molar refractivity (Wildman–Crippen MR) is 87.6 cm³/mol. The van der Waals surface area contributed by atoms with Gasteiger partial charge >= 0.3 is 6.03 Å². The van der Waals surface area contributed by atoms with E-state index in [2.05, 4.69) is 16.0 Å². The second-order valence-electron chi connectivity index (χ2n) is 5.94. The summed E-state index contributed by atoms with van der Waals surface area (Å²) < 4.78 is 5.31. The number of urea groups is 1. The van der Waals surface area contributed by atoms with Crippen LogP contribution in [0.15, 0.2) is 16.5 Å². The van der Waals surface area contributed by atoms with Gasteiger partial charge in [-0.15, -0.1) is 0 Å². The lowest BCUT2D eigenvalue weighted by Crippen LogP contribution is -2.53. The molecule has 0 radical (unpaired) electrons. The van der Waals surface area contributed by atoms with Crippen LogP contribution in [0.2, 0.25) is 0 Å². The monoisotopic (exact) mass is 336 g/mol. The van der Waals surface area contributed by atoms with E-state index in [-0.39, 0.29) is 17.9 Å². The molecule has 8 heteroatoms. The number of piperidine rings is 1. The number of hydrogen-bond acceptors (Lipinski definition) is 5. The number of nitrogens with one attached hydrogen (secondary N) is 3. The first-order valence-corrected chi connectivity index (χ1v) is 8.04. The first-order valence-electron chi connectivity index (χ1n) is 8.04. The second kappa shape index (κ2) is 7.96. The quantitative estimate of drug-likeness (QED) is 0.748. The van der Waals surface area contributed by atoms with Gasteiger partial charge in [-0.1, -0.05) is 0 Å². The van der Waals surface area contributed by atoms with Crippen LogP contribution >= 0.6 is 0 Å². The zero-order valence-corrected chi connectivity index (χ0v) is 14.2. The van der Waals surface area contributed by atoms with E-state index in [0.29, 0.717) is 24.6 Å². The number of imide groups is 1. The van der Waals surface area contributed by atoms with Crippen molar-refractivity contribution in [3.05, 3.63) is 23.7 Å². The molecule has 1 fully saturated rings. The van der Waals surface area contributed by atoms with Gasteiger partial charge in [0, 0.05) is 26.2 Å². The number of carbonyl (C=O) groups is 3. The van der Waals surface area contributed by atoms with Crippen molar-refractivity contribution in [1.82, 2.24) is 20.9 Å². The van der Waals surface area contributed by atoms with Crippen LogP contribution in [0.25, 0.3) is 0 Å². The lowest BCUT2D eigenvalue weighted by atomic mass is 10.0. The summed E-state index contributed by atoms with van der Waals surface area (Å²) in [7, 11) is 1.46. The number of nitrogens with zero attached hydrogens (tertiary/aromatic N) is 1. The standard InChI is InChI=1S/C16H24N4O4/c1-10-4-5-13(24-10)15(22)18-12-6-8-20(9-7-12)11(2)14(21)19-16(23)17-3/h4-5,11-12H,6-9H2,1-3H3,(H,18,22)(H2,17,19,21,23)/t11-/m0/s1. The minimum Gasteiger partial charge on any atom is -0.456 e. The zero-order chi connectivity index (χ0) is 17.7. The Bertz CT molecular complexity index is 605. The Kier molecular flexibility index (Phi) is 5.97. The lowest BCUT2D eigenvalue weighted by molar-refractivity contribution is -0.125. The molecule has 132 valence electrons. The van der Waals surface area contributed by atoms with Crippen LogP contribution in [0, 0.1) is 6.92 Å². The minimum absolute atomic E-state index is 0.0494. The summed E-state index contributed by atoms with van der Waals surface area (Å²) in [6.45, 7) is 4.90. The number of hydrogen-bond donors (Lipinski definition) is 3. The van der Waals surface area contributed by atoms with Crippen molar-refractivity contribution in [2.24, 2.45) is 0 Å². The summed E-state index contributed by atoms with van der Waals surface area (Å²) in [4.78, 5) is 37.2. The van der Waals surface area contributed by atoms with Gasteiger partial charge in [0.05, 0.1) is 6.04 Å². The molecule has 0 aliphatic carbocycles. The third-order valence-electron chi connectivity index (χ3n) is 4.22. The third kappa shape index (κ3) is 4.58. The van der Waals surface area contributed by atoms with E-state index in [1.165, 1.54) is 7.05 Å². The van der Waals surface area contributed by atoms with E-state index in [1.807, 2.05) is 4.90 Å². The molecule has 1 atom stereocenters. The maximum atomic E-state index is 12.1. The topological polar surface area (TPSA) is 104 Å². The molecular weight excluding hydrogens is 312 g/mol. The van der Waals surface area contributed by atoms with Gasteiger partial charge in [0.1, 0.15) is 5.76 Å². The molecule has 0 unspecified atom stereocenters. The van der Waals surface area contributed by atoms with Crippen molar-refractivity contribution in [3.8, 4) is 0 Å². The number of carbonyl (C=O) groups excluding carboxylic acids is 3. The highest BCUT2D eigenvalue weighted by Gasteiger charge is 2.28. The van der Waals surface area contributed by atoms with Gasteiger partial charge in [0.15, 0.2) is 5.76 Å². The van der Waals surface area contributed by atoms with E-state index < -0.39 is 12.1 Å². The van der Waals surface area contributed by atoms with Crippen molar-refractivity contribution in [3.63, 3.8) is 0 Å². The molecule has 0 aromatic carbocycles. The molecule has 0 spiro atoms. The van der Waals surface area contributed by atoms with Crippen LogP contribution in [0.4, 0.5) is 4.79 Å². The fraction of sp³-hybridized carbons (Fsp3) is 0.562. The first-order chi connectivity index (χ1) is 11.4. The lowest BCUT2D eigenvalue weighted by Gasteiger charge is -2.35. The van der Waals surface area contributed by atoms with Gasteiger partial charge in [-0.2, -0.15) is 0 Å². The van der Waals surface area contributed by atoms with Crippen LogP contribution in [0.3, 0.4) is 0 Å². The highest BCUT2D eigenvalue weighted by molar-refractivity contribution is 5.96. The fourth-order valence-electron chi connectivity index (χ4n) is 2.69. The largest absolute Gasteiger partial charge is 0.456 e. The van der Waals surface area contributed by atoms with Crippen molar-refractivity contribution in [2.75, 3.05) is 20.1 Å². The average Bonchev–Trinajstić information content (AvgIpc) is 3.01. The average molecular weight is 336 g/mol. The number of furan rings is 1. The van der Waals surface area contributed by atoms with Crippen molar-refractivity contribution in [1.29, 1.82) is 0 Å². The molecule has 24 heavy (non-hydrogen) atoms. The molecule has 1 aromatic heterocycles. The molecule has 3 N–H and O–H groups in total. The SMILES string of the molecule is CNC(=O)NC(=O)[C@H](C)N1CCC(NC(=O)c2ccc(C)o2)CC1. The Morgan fingerprint density at radius 1 is 1.25 bits per heavy atom. The van der Waals surface area contributed by atoms with Crippen LogP contribution in [-0.2, 0) is 4.79 Å². The van der Waals surface area contributed by atoms with Crippen LogP contribution in [0.5, 0.6) is 0 Å². The highest BCUT2D eigenvalue weighted by Crippen LogP contribution is 2.15. The number of amides is 4. The molecule has 1 aromatic rings. The molecule has 1 aliphatic heterocycles. The Hall–Kier alpha value is -2.35. The Morgan fingerprint density at radius 3 is 2.46 bits per heavy atom. The Labute approximate surface area is 140 Å². The molecule has 2 heterocycles. The summed E-state index contributed by atoms with van der Waals surface area (Å²) in [6, 6.07) is 2.55. The van der Waals surface area contributed by atoms with Gasteiger partial charge in [0.25, 0.3) is 5.91 Å². The number of rotatable bonds is 4. The molecule has 1 saturated heterocycles. The summed E-state index contributed by atoms with van der Waals surface area (Å²) in [5.41, 5.74) is 0. The Balaban J connectivity index is 1.79. The molecule has 1 aliphatic rings. The Morgan fingerprint density at radius 2 is 1.92 bits per heavy atom. The van der Waals surface area contributed by atoms with Crippen LogP contribution < -0.4 is 16.0 Å². The third-order valence-corrected chi connectivity index (χ3v) is 4.22. The normalized spacial score (nSPS) is 17.1. The van der Waals surface area contributed by atoms with Crippen LogP contribution in [0.1, 0.15) is 36.1 Å². The molecule has 0 bridgehead atoms. The van der Waals surface area contributed by atoms with E-state index >= 15 is 0 Å². The van der Waals surface area contributed by atoms with Gasteiger partial charge in [-0.3, -0.25) is 19.8 Å². The van der Waals surface area contributed by atoms with Crippen molar-refractivity contribution < 1.29 is 18.8 Å². The fourth-order valence-corrected chi connectivity index (χ4v) is 2.69. The number of likely N-dealkylation sites (tertiary alicyclic amines) is 1. The number of aryl methyl sites for hydroxylation is 1. The van der Waals surface area contributed by atoms with Gasteiger partial charge < -0.3 is 15.1 Å². The summed E-state index contributed by atoms with van der Waals surface area (Å²) in [5.74, 6) is 0.467. The van der Waals surface area contributed by atoms with Gasteiger partial charge in [-0.25, -0.2) is 4.79 Å². The molecule has 8 nitrogen and oxygen atoms in total. The van der Waals surface area contributed by atoms with E-state index in [1.54, 1.807) is 26.0 Å². The maximum absolute atomic E-state index is 12.1. The highest BCUT2D eigenvalue weighted by atomic mass is 16.3. The van der Waals surface area contributed by atoms with E-state index in [9.17, 15) is 14.4 Å². The van der Waals surface area contributed by atoms with Gasteiger partial charge in [-0.05, 0) is 38.8 Å². The van der Waals surface area contributed by atoms with E-state index in [0.717, 1.165) is 12.8 Å². The summed E-state index contributed by atoms with van der Waals surface area (Å²) in [5, 5.41) is 7.59. The molecule has 0 saturated carbocycles. The summed E-state index contributed by atoms with van der Waals surface area (Å²) in [6.07, 6.45) is 1.48. The molecular formula is C16H24N4O4. The van der Waals surface area contributed by atoms with E-state index in [4.69, 9.17) is 4.42 Å². The van der Waals surface area contributed by atoms with Crippen molar-refractivity contribution in [2.45, 2.75) is 38.8 Å². The minimum atomic E-state index is -0.511. The first kappa shape index (κ1) is 18.0. The van der Waals surface area contributed by atoms with Crippen LogP contribution in [-0.4, -0.2) is 55.0 Å². The smallest absolute Gasteiger partial charge is 0.321 e. The van der Waals surface area contributed by atoms with Crippen molar-refractivity contribution >= 4 is 17.8 Å². The molecule has 4 amide bonds. The predicted octanol–water partition coefficient (Wildman–Crippen LogP) is 0.626. The zero-order valence-electron chi connectivity index (χ0n) is 14.2.